The molecular formula is C35H40F2N4O6. The summed E-state index contributed by atoms with van der Waals surface area (Å²) in [6.45, 7) is 4.13. The molecule has 10 nitrogen and oxygen atoms in total. The molecule has 0 aliphatic carbocycles. The molecule has 2 atom stereocenters. The van der Waals surface area contributed by atoms with Crippen LogP contribution in [0.25, 0.3) is 0 Å². The van der Waals surface area contributed by atoms with E-state index in [9.17, 15) is 23.2 Å². The van der Waals surface area contributed by atoms with Crippen LogP contribution in [0.1, 0.15) is 36.8 Å². The number of aryl methyl sites for hydroxylation is 1. The monoisotopic (exact) mass is 650 g/mol. The van der Waals surface area contributed by atoms with Crippen molar-refractivity contribution in [1.82, 2.24) is 9.80 Å². The Hall–Kier alpha value is -4.71. The van der Waals surface area contributed by atoms with Gasteiger partial charge in [-0.3, -0.25) is 9.59 Å². The number of hydrogen-bond donors (Lipinski definition) is 3. The van der Waals surface area contributed by atoms with Crippen LogP contribution in [-0.4, -0.2) is 78.2 Å². The minimum atomic E-state index is -0.805. The number of amides is 3. The maximum atomic E-state index is 14.4. The third-order valence-electron chi connectivity index (χ3n) is 8.79. The molecule has 3 N–H and O–H groups in total. The molecule has 0 bridgehead atoms. The molecule has 2 heterocycles. The lowest BCUT2D eigenvalue weighted by Crippen LogP contribution is -2.46. The van der Waals surface area contributed by atoms with E-state index in [0.717, 1.165) is 43.6 Å². The van der Waals surface area contributed by atoms with E-state index < -0.39 is 29.7 Å². The van der Waals surface area contributed by atoms with Gasteiger partial charge in [-0.25, -0.2) is 13.6 Å². The second-order valence-electron chi connectivity index (χ2n) is 12.2. The number of anilines is 2. The van der Waals surface area contributed by atoms with Crippen LogP contribution in [0.5, 0.6) is 11.5 Å². The van der Waals surface area contributed by atoms with Crippen molar-refractivity contribution in [2.75, 3.05) is 43.9 Å². The number of aliphatic carboxylic acids is 1. The van der Waals surface area contributed by atoms with Crippen LogP contribution in [0.2, 0.25) is 0 Å². The molecule has 2 aliphatic heterocycles. The second-order valence-corrected chi connectivity index (χ2v) is 12.2. The number of urea groups is 1. The average molecular weight is 651 g/mol. The zero-order valence-electron chi connectivity index (χ0n) is 26.5. The minimum absolute atomic E-state index is 0.0564. The zero-order valence-corrected chi connectivity index (χ0v) is 26.5. The standard InChI is InChI=1S/C35H40F2N4O6/c1-22-5-3-4-6-29(22)38-35(45)39-30-9-7-24(15-32(30)46-2)16-33(42)41-21-27(47-31-10-8-25(36)18-28(31)37)19-26(41)20-40-13-11-23(12-14-40)17-34(43)44/h3-10,15,18,23,26-27H,11-14,16-17,19-21H2,1-2H3,(H,43,44)(H2,38,39,45)/t26?,27-/m0/s1. The fourth-order valence-electron chi connectivity index (χ4n) is 6.32. The van der Waals surface area contributed by atoms with Gasteiger partial charge in [0, 0.05) is 37.2 Å². The zero-order chi connectivity index (χ0) is 33.5. The van der Waals surface area contributed by atoms with E-state index in [4.69, 9.17) is 14.6 Å². The number of hydrogen-bond acceptors (Lipinski definition) is 6. The Morgan fingerprint density at radius 3 is 2.40 bits per heavy atom. The molecule has 47 heavy (non-hydrogen) atoms. The normalized spacial score (nSPS) is 18.5. The molecule has 12 heteroatoms. The SMILES string of the molecule is COc1cc(CC(=O)N2C[C@@H](Oc3ccc(F)cc3F)CC2CN2CCC(CC(=O)O)CC2)ccc1NC(=O)Nc1ccccc1C. The Morgan fingerprint density at radius 1 is 0.957 bits per heavy atom. The first-order valence-corrected chi connectivity index (χ1v) is 15.7. The molecule has 2 aliphatic rings. The van der Waals surface area contributed by atoms with E-state index >= 15 is 0 Å². The number of benzene rings is 3. The minimum Gasteiger partial charge on any atom is -0.495 e. The summed E-state index contributed by atoms with van der Waals surface area (Å²) >= 11 is 0. The van der Waals surface area contributed by atoms with Crippen LogP contribution >= 0.6 is 0 Å². The van der Waals surface area contributed by atoms with Crippen molar-refractivity contribution < 1.29 is 37.7 Å². The molecule has 0 radical (unpaired) electrons. The van der Waals surface area contributed by atoms with Crippen molar-refractivity contribution in [3.63, 3.8) is 0 Å². The van der Waals surface area contributed by atoms with Crippen LogP contribution < -0.4 is 20.1 Å². The predicted molar refractivity (Wildman–Crippen MR) is 173 cm³/mol. The number of carboxylic acid groups (broad SMARTS) is 1. The third kappa shape index (κ3) is 8.97. The lowest BCUT2D eigenvalue weighted by atomic mass is 9.93. The summed E-state index contributed by atoms with van der Waals surface area (Å²) in [4.78, 5) is 41.6. The summed E-state index contributed by atoms with van der Waals surface area (Å²) in [5.41, 5.74) is 2.72. The van der Waals surface area contributed by atoms with E-state index in [1.54, 1.807) is 29.2 Å². The van der Waals surface area contributed by atoms with Crippen molar-refractivity contribution >= 4 is 29.3 Å². The first kappa shape index (κ1) is 33.6. The number of carboxylic acids is 1. The molecule has 0 spiro atoms. The number of para-hydroxylation sites is 1. The van der Waals surface area contributed by atoms with Crippen LogP contribution in [0.4, 0.5) is 25.0 Å². The highest BCUT2D eigenvalue weighted by Gasteiger charge is 2.38. The van der Waals surface area contributed by atoms with Crippen LogP contribution in [0.3, 0.4) is 0 Å². The van der Waals surface area contributed by atoms with Crippen LogP contribution in [0, 0.1) is 24.5 Å². The molecule has 2 fully saturated rings. The van der Waals surface area contributed by atoms with Gasteiger partial charge in [-0.1, -0.05) is 24.3 Å². The highest BCUT2D eigenvalue weighted by Crippen LogP contribution is 2.30. The number of rotatable bonds is 11. The summed E-state index contributed by atoms with van der Waals surface area (Å²) in [5.74, 6) is -2.00. The number of carbonyl (C=O) groups is 3. The molecule has 3 aromatic rings. The topological polar surface area (TPSA) is 120 Å². The van der Waals surface area contributed by atoms with E-state index in [1.807, 2.05) is 25.1 Å². The number of halogens is 2. The van der Waals surface area contributed by atoms with Crippen LogP contribution in [-0.2, 0) is 16.0 Å². The van der Waals surface area contributed by atoms with Crippen LogP contribution in [0.15, 0.2) is 60.7 Å². The summed E-state index contributed by atoms with van der Waals surface area (Å²) < 4.78 is 39.4. The number of nitrogens with zero attached hydrogens (tertiary/aromatic N) is 2. The van der Waals surface area contributed by atoms with Gasteiger partial charge >= 0.3 is 12.0 Å². The van der Waals surface area contributed by atoms with E-state index in [1.165, 1.54) is 13.2 Å². The first-order chi connectivity index (χ1) is 22.6. The Balaban J connectivity index is 1.26. The third-order valence-corrected chi connectivity index (χ3v) is 8.79. The van der Waals surface area contributed by atoms with Gasteiger partial charge in [0.1, 0.15) is 17.7 Å². The fraction of sp³-hybridized carbons (Fsp3) is 0.400. The molecule has 250 valence electrons. The Morgan fingerprint density at radius 2 is 1.70 bits per heavy atom. The number of nitrogens with one attached hydrogen (secondary N) is 2. The van der Waals surface area contributed by atoms with E-state index in [-0.39, 0.29) is 43.0 Å². The van der Waals surface area contributed by atoms with Crippen molar-refractivity contribution in [1.29, 1.82) is 0 Å². The van der Waals surface area contributed by atoms with Gasteiger partial charge in [-0.2, -0.15) is 0 Å². The lowest BCUT2D eigenvalue weighted by Gasteiger charge is -2.35. The fourth-order valence-corrected chi connectivity index (χ4v) is 6.32. The maximum absolute atomic E-state index is 14.4. The molecular weight excluding hydrogens is 610 g/mol. The van der Waals surface area contributed by atoms with Gasteiger partial charge in [0.25, 0.3) is 0 Å². The summed E-state index contributed by atoms with van der Waals surface area (Å²) in [6.07, 6.45) is 1.69. The van der Waals surface area contributed by atoms with Gasteiger partial charge in [0.05, 0.1) is 25.8 Å². The molecule has 0 saturated carbocycles. The molecule has 0 aromatic heterocycles. The number of piperidine rings is 1. The van der Waals surface area contributed by atoms with Gasteiger partial charge in [-0.15, -0.1) is 0 Å². The molecule has 2 saturated heterocycles. The second kappa shape index (κ2) is 15.3. The van der Waals surface area contributed by atoms with E-state index in [2.05, 4.69) is 15.5 Å². The summed E-state index contributed by atoms with van der Waals surface area (Å²) in [7, 11) is 1.48. The summed E-state index contributed by atoms with van der Waals surface area (Å²) in [6, 6.07) is 15.1. The average Bonchev–Trinajstić information content (AvgIpc) is 3.43. The van der Waals surface area contributed by atoms with Crippen molar-refractivity contribution in [3.8, 4) is 11.5 Å². The van der Waals surface area contributed by atoms with E-state index in [0.29, 0.717) is 35.7 Å². The Kier molecular flexibility index (Phi) is 10.9. The smallest absolute Gasteiger partial charge is 0.323 e. The molecule has 1 unspecified atom stereocenters. The number of carbonyl (C=O) groups excluding carboxylic acids is 2. The molecule has 3 aromatic carbocycles. The van der Waals surface area contributed by atoms with Gasteiger partial charge in [0.2, 0.25) is 5.91 Å². The highest BCUT2D eigenvalue weighted by molar-refractivity contribution is 6.01. The van der Waals surface area contributed by atoms with Gasteiger partial charge in [-0.05, 0) is 80.2 Å². The first-order valence-electron chi connectivity index (χ1n) is 15.7. The lowest BCUT2D eigenvalue weighted by molar-refractivity contribution is -0.138. The van der Waals surface area contributed by atoms with Gasteiger partial charge < -0.3 is 35.0 Å². The Bertz CT molecular complexity index is 1600. The number of ether oxygens (including phenoxy) is 2. The summed E-state index contributed by atoms with van der Waals surface area (Å²) in [5, 5.41) is 14.8. The van der Waals surface area contributed by atoms with Crippen molar-refractivity contribution in [2.45, 2.75) is 51.2 Å². The molecule has 3 amide bonds. The van der Waals surface area contributed by atoms with Gasteiger partial charge in [0.15, 0.2) is 11.6 Å². The predicted octanol–water partition coefficient (Wildman–Crippen LogP) is 5.70. The van der Waals surface area contributed by atoms with Crippen molar-refractivity contribution in [3.05, 3.63) is 83.4 Å². The molecule has 5 rings (SSSR count). The largest absolute Gasteiger partial charge is 0.495 e. The Labute approximate surface area is 272 Å². The number of likely N-dealkylation sites (tertiary alicyclic amines) is 2. The highest BCUT2D eigenvalue weighted by atomic mass is 19.1. The van der Waals surface area contributed by atoms with Crippen molar-refractivity contribution in [2.24, 2.45) is 5.92 Å². The maximum Gasteiger partial charge on any atom is 0.323 e. The quantitative estimate of drug-likeness (QED) is 0.244. The number of methoxy groups -OCH3 is 1.